The molecule has 0 saturated heterocycles. The molecule has 1 heteroatoms. The van der Waals surface area contributed by atoms with Crippen LogP contribution in [0.3, 0.4) is 0 Å². The van der Waals surface area contributed by atoms with Gasteiger partial charge in [0.25, 0.3) is 0 Å². The number of anilines is 1. The van der Waals surface area contributed by atoms with Gasteiger partial charge in [0.05, 0.1) is 0 Å². The van der Waals surface area contributed by atoms with Gasteiger partial charge in [-0.25, -0.2) is 0 Å². The number of unbranched alkanes of at least 4 members (excludes halogenated alkanes) is 2. The van der Waals surface area contributed by atoms with Crippen LogP contribution in [0.2, 0.25) is 0 Å². The SMILES string of the molecule is CCCCCC(C)(C)c1cccc(N)c1. The fourth-order valence-electron chi connectivity index (χ4n) is 1.92. The van der Waals surface area contributed by atoms with Crippen LogP contribution in [0.15, 0.2) is 24.3 Å². The fourth-order valence-corrected chi connectivity index (χ4v) is 1.92. The molecule has 0 amide bonds. The van der Waals surface area contributed by atoms with Gasteiger partial charge in [0.1, 0.15) is 0 Å². The Morgan fingerprint density at radius 1 is 1.20 bits per heavy atom. The van der Waals surface area contributed by atoms with E-state index in [1.807, 2.05) is 12.1 Å². The highest BCUT2D eigenvalue weighted by atomic mass is 14.5. The molecule has 0 saturated carbocycles. The van der Waals surface area contributed by atoms with E-state index < -0.39 is 0 Å². The van der Waals surface area contributed by atoms with E-state index in [9.17, 15) is 0 Å². The van der Waals surface area contributed by atoms with Crippen molar-refractivity contribution in [2.75, 3.05) is 5.73 Å². The van der Waals surface area contributed by atoms with Gasteiger partial charge in [-0.1, -0.05) is 52.2 Å². The number of hydrogen-bond acceptors (Lipinski definition) is 1. The first kappa shape index (κ1) is 12.1. The van der Waals surface area contributed by atoms with E-state index in [0.717, 1.165) is 5.69 Å². The first-order chi connectivity index (χ1) is 7.06. The average Bonchev–Trinajstić information content (AvgIpc) is 2.18. The summed E-state index contributed by atoms with van der Waals surface area (Å²) in [5.74, 6) is 0. The lowest BCUT2D eigenvalue weighted by molar-refractivity contribution is 0.450. The molecule has 0 fully saturated rings. The van der Waals surface area contributed by atoms with Crippen molar-refractivity contribution in [1.82, 2.24) is 0 Å². The van der Waals surface area contributed by atoms with Crippen LogP contribution in [-0.4, -0.2) is 0 Å². The molecule has 0 radical (unpaired) electrons. The maximum Gasteiger partial charge on any atom is 0.0316 e. The highest BCUT2D eigenvalue weighted by Crippen LogP contribution is 2.30. The van der Waals surface area contributed by atoms with Crippen LogP contribution in [0.5, 0.6) is 0 Å². The number of rotatable bonds is 5. The average molecular weight is 205 g/mol. The molecule has 0 heterocycles. The Balaban J connectivity index is 2.67. The molecule has 0 aromatic heterocycles. The molecular weight excluding hydrogens is 182 g/mol. The van der Waals surface area contributed by atoms with Gasteiger partial charge < -0.3 is 5.73 Å². The third-order valence-corrected chi connectivity index (χ3v) is 3.07. The van der Waals surface area contributed by atoms with Gasteiger partial charge in [-0.15, -0.1) is 0 Å². The summed E-state index contributed by atoms with van der Waals surface area (Å²) in [7, 11) is 0. The van der Waals surface area contributed by atoms with Crippen LogP contribution in [0.4, 0.5) is 5.69 Å². The molecule has 1 rings (SSSR count). The second-order valence-corrected chi connectivity index (χ2v) is 4.97. The van der Waals surface area contributed by atoms with Crippen molar-refractivity contribution in [3.8, 4) is 0 Å². The zero-order valence-corrected chi connectivity index (χ0v) is 10.2. The Morgan fingerprint density at radius 2 is 1.93 bits per heavy atom. The summed E-state index contributed by atoms with van der Waals surface area (Å²) < 4.78 is 0. The van der Waals surface area contributed by atoms with Crippen molar-refractivity contribution in [3.05, 3.63) is 29.8 Å². The molecule has 0 aliphatic rings. The van der Waals surface area contributed by atoms with Crippen molar-refractivity contribution in [1.29, 1.82) is 0 Å². The lowest BCUT2D eigenvalue weighted by Gasteiger charge is -2.25. The van der Waals surface area contributed by atoms with Crippen molar-refractivity contribution in [2.24, 2.45) is 0 Å². The van der Waals surface area contributed by atoms with Gasteiger partial charge in [0.15, 0.2) is 0 Å². The van der Waals surface area contributed by atoms with E-state index in [-0.39, 0.29) is 5.41 Å². The zero-order valence-electron chi connectivity index (χ0n) is 10.2. The highest BCUT2D eigenvalue weighted by Gasteiger charge is 2.19. The molecule has 0 aliphatic heterocycles. The number of hydrogen-bond donors (Lipinski definition) is 1. The minimum Gasteiger partial charge on any atom is -0.399 e. The number of benzene rings is 1. The van der Waals surface area contributed by atoms with Gasteiger partial charge in [0.2, 0.25) is 0 Å². The summed E-state index contributed by atoms with van der Waals surface area (Å²) in [6, 6.07) is 8.28. The van der Waals surface area contributed by atoms with Crippen LogP contribution in [0.1, 0.15) is 52.0 Å². The Hall–Kier alpha value is -0.980. The van der Waals surface area contributed by atoms with E-state index >= 15 is 0 Å². The summed E-state index contributed by atoms with van der Waals surface area (Å²) >= 11 is 0. The standard InChI is InChI=1S/C14H23N/c1-4-5-6-10-14(2,3)12-8-7-9-13(15)11-12/h7-9,11H,4-6,10,15H2,1-3H3. The van der Waals surface area contributed by atoms with Crippen LogP contribution >= 0.6 is 0 Å². The molecule has 2 N–H and O–H groups in total. The van der Waals surface area contributed by atoms with Gasteiger partial charge in [0, 0.05) is 5.69 Å². The van der Waals surface area contributed by atoms with E-state index in [1.165, 1.54) is 31.2 Å². The largest absolute Gasteiger partial charge is 0.399 e. The minimum absolute atomic E-state index is 0.255. The number of nitrogens with two attached hydrogens (primary N) is 1. The molecule has 0 unspecified atom stereocenters. The first-order valence-corrected chi connectivity index (χ1v) is 5.92. The Morgan fingerprint density at radius 3 is 2.53 bits per heavy atom. The van der Waals surface area contributed by atoms with E-state index in [1.54, 1.807) is 0 Å². The van der Waals surface area contributed by atoms with Crippen molar-refractivity contribution in [3.63, 3.8) is 0 Å². The summed E-state index contributed by atoms with van der Waals surface area (Å²) in [4.78, 5) is 0. The Labute approximate surface area is 93.7 Å². The maximum atomic E-state index is 5.81. The molecular formula is C14H23N. The van der Waals surface area contributed by atoms with Crippen molar-refractivity contribution < 1.29 is 0 Å². The molecule has 1 aromatic carbocycles. The van der Waals surface area contributed by atoms with Crippen molar-refractivity contribution >= 4 is 5.69 Å². The van der Waals surface area contributed by atoms with Gasteiger partial charge in [-0.3, -0.25) is 0 Å². The summed E-state index contributed by atoms with van der Waals surface area (Å²) in [6.45, 7) is 6.85. The maximum absolute atomic E-state index is 5.81. The van der Waals surface area contributed by atoms with Crippen LogP contribution < -0.4 is 5.73 Å². The lowest BCUT2D eigenvalue weighted by Crippen LogP contribution is -2.17. The fraction of sp³-hybridized carbons (Fsp3) is 0.571. The Kier molecular flexibility index (Phi) is 4.19. The third kappa shape index (κ3) is 3.58. The van der Waals surface area contributed by atoms with Crippen LogP contribution in [0, 0.1) is 0 Å². The smallest absolute Gasteiger partial charge is 0.0316 e. The molecule has 84 valence electrons. The third-order valence-electron chi connectivity index (χ3n) is 3.07. The second-order valence-electron chi connectivity index (χ2n) is 4.97. The predicted molar refractivity (Wildman–Crippen MR) is 68.0 cm³/mol. The summed E-state index contributed by atoms with van der Waals surface area (Å²) in [6.07, 6.45) is 5.15. The van der Waals surface area contributed by atoms with Crippen molar-refractivity contribution in [2.45, 2.75) is 51.9 Å². The molecule has 1 aromatic rings. The molecule has 0 atom stereocenters. The van der Waals surface area contributed by atoms with E-state index in [4.69, 9.17) is 5.73 Å². The first-order valence-electron chi connectivity index (χ1n) is 5.92. The molecule has 0 aliphatic carbocycles. The molecule has 15 heavy (non-hydrogen) atoms. The Bertz CT molecular complexity index is 302. The lowest BCUT2D eigenvalue weighted by atomic mass is 9.80. The van der Waals surface area contributed by atoms with Crippen LogP contribution in [-0.2, 0) is 5.41 Å². The summed E-state index contributed by atoms with van der Waals surface area (Å²) in [5, 5.41) is 0. The topological polar surface area (TPSA) is 26.0 Å². The summed E-state index contributed by atoms with van der Waals surface area (Å²) in [5.41, 5.74) is 8.30. The monoisotopic (exact) mass is 205 g/mol. The highest BCUT2D eigenvalue weighted by molar-refractivity contribution is 5.42. The number of nitrogen functional groups attached to an aromatic ring is 1. The van der Waals surface area contributed by atoms with E-state index in [2.05, 4.69) is 32.9 Å². The molecule has 1 nitrogen and oxygen atoms in total. The van der Waals surface area contributed by atoms with Gasteiger partial charge >= 0.3 is 0 Å². The second kappa shape index (κ2) is 5.20. The molecule has 0 bridgehead atoms. The van der Waals surface area contributed by atoms with Crippen LogP contribution in [0.25, 0.3) is 0 Å². The van der Waals surface area contributed by atoms with Gasteiger partial charge in [-0.2, -0.15) is 0 Å². The van der Waals surface area contributed by atoms with E-state index in [0.29, 0.717) is 0 Å². The predicted octanol–water partition coefficient (Wildman–Crippen LogP) is 4.13. The minimum atomic E-state index is 0.255. The zero-order chi connectivity index (χ0) is 11.3. The normalized spacial score (nSPS) is 11.7. The molecule has 0 spiro atoms. The van der Waals surface area contributed by atoms with Gasteiger partial charge in [-0.05, 0) is 29.5 Å². The quantitative estimate of drug-likeness (QED) is 0.567.